The van der Waals surface area contributed by atoms with E-state index in [1.807, 2.05) is 11.8 Å². The van der Waals surface area contributed by atoms with Gasteiger partial charge in [-0.05, 0) is 78.5 Å². The number of methoxy groups -OCH3 is 1. The lowest BCUT2D eigenvalue weighted by Gasteiger charge is -2.28. The Labute approximate surface area is 194 Å². The molecule has 3 rings (SSSR count). The molecule has 3 amide bonds. The zero-order valence-corrected chi connectivity index (χ0v) is 20.2. The molecule has 9 heteroatoms. The smallest absolute Gasteiger partial charge is 0.262 e. The number of amides is 3. The van der Waals surface area contributed by atoms with Crippen LogP contribution in [0, 0.1) is 6.92 Å². The fraction of sp³-hybridized carbons (Fsp3) is 0.409. The Bertz CT molecular complexity index is 987. The highest BCUT2D eigenvalue weighted by molar-refractivity contribution is 9.11. The maximum absolute atomic E-state index is 13.0. The number of benzene rings is 1. The first-order valence-corrected chi connectivity index (χ1v) is 11.6. The molecule has 0 saturated carbocycles. The van der Waals surface area contributed by atoms with Crippen LogP contribution >= 0.6 is 27.3 Å². The molecule has 1 aromatic heterocycles. The van der Waals surface area contributed by atoms with Crippen molar-refractivity contribution in [1.82, 2.24) is 10.2 Å². The van der Waals surface area contributed by atoms with Gasteiger partial charge >= 0.3 is 0 Å². The van der Waals surface area contributed by atoms with E-state index in [9.17, 15) is 14.4 Å². The Morgan fingerprint density at radius 1 is 1.19 bits per heavy atom. The molecule has 7 nitrogen and oxygen atoms in total. The average molecular weight is 508 g/mol. The SMILES string of the molecule is COC[C@](C)(NC(=O)c1ccc(Br)s1)C(=O)Nc1ccc(C(=O)N2CCCC2)c(C)c1. The van der Waals surface area contributed by atoms with Crippen molar-refractivity contribution < 1.29 is 19.1 Å². The number of carbonyl (C=O) groups is 3. The maximum Gasteiger partial charge on any atom is 0.262 e. The molecule has 0 spiro atoms. The molecule has 0 radical (unpaired) electrons. The third-order valence-corrected chi connectivity index (χ3v) is 6.85. The second kappa shape index (κ2) is 9.93. The molecule has 1 saturated heterocycles. The van der Waals surface area contributed by atoms with Crippen LogP contribution in [0.2, 0.25) is 0 Å². The molecule has 1 aliphatic heterocycles. The second-order valence-corrected chi connectivity index (χ2v) is 10.3. The molecule has 0 aliphatic carbocycles. The molecule has 1 atom stereocenters. The lowest BCUT2D eigenvalue weighted by atomic mass is 10.0. The van der Waals surface area contributed by atoms with E-state index in [4.69, 9.17) is 4.74 Å². The van der Waals surface area contributed by atoms with E-state index in [1.54, 1.807) is 37.3 Å². The van der Waals surface area contributed by atoms with E-state index in [2.05, 4.69) is 26.6 Å². The van der Waals surface area contributed by atoms with Gasteiger partial charge in [0, 0.05) is 31.5 Å². The molecule has 166 valence electrons. The summed E-state index contributed by atoms with van der Waals surface area (Å²) in [7, 11) is 1.47. The summed E-state index contributed by atoms with van der Waals surface area (Å²) < 4.78 is 6.04. The summed E-state index contributed by atoms with van der Waals surface area (Å²) in [6.07, 6.45) is 2.07. The fourth-order valence-electron chi connectivity index (χ4n) is 3.54. The number of rotatable bonds is 7. The molecular weight excluding hydrogens is 482 g/mol. The van der Waals surface area contributed by atoms with Crippen LogP contribution in [-0.2, 0) is 9.53 Å². The molecule has 1 fully saturated rings. The Morgan fingerprint density at radius 3 is 2.48 bits per heavy atom. The monoisotopic (exact) mass is 507 g/mol. The summed E-state index contributed by atoms with van der Waals surface area (Å²) >= 11 is 4.62. The van der Waals surface area contributed by atoms with Gasteiger partial charge in [-0.15, -0.1) is 11.3 Å². The van der Waals surface area contributed by atoms with Crippen molar-refractivity contribution in [1.29, 1.82) is 0 Å². The normalized spacial score (nSPS) is 15.4. The first-order chi connectivity index (χ1) is 14.7. The average Bonchev–Trinajstić information content (AvgIpc) is 3.39. The summed E-state index contributed by atoms with van der Waals surface area (Å²) in [5.74, 6) is -0.740. The number of anilines is 1. The molecule has 0 bridgehead atoms. The van der Waals surface area contributed by atoms with Gasteiger partial charge in [0.1, 0.15) is 5.54 Å². The van der Waals surface area contributed by atoms with E-state index in [0.717, 1.165) is 35.3 Å². The number of hydrogen-bond donors (Lipinski definition) is 2. The van der Waals surface area contributed by atoms with E-state index in [0.29, 0.717) is 16.1 Å². The minimum absolute atomic E-state index is 0.00162. The summed E-state index contributed by atoms with van der Waals surface area (Å²) in [4.78, 5) is 40.7. The minimum atomic E-state index is -1.28. The second-order valence-electron chi connectivity index (χ2n) is 7.81. The Hall–Kier alpha value is -2.23. The van der Waals surface area contributed by atoms with Crippen molar-refractivity contribution in [2.75, 3.05) is 32.1 Å². The van der Waals surface area contributed by atoms with Gasteiger partial charge in [0.15, 0.2) is 0 Å². The first-order valence-electron chi connectivity index (χ1n) is 10.0. The van der Waals surface area contributed by atoms with Crippen LogP contribution in [0.1, 0.15) is 45.4 Å². The lowest BCUT2D eigenvalue weighted by Crippen LogP contribution is -2.57. The maximum atomic E-state index is 13.0. The van der Waals surface area contributed by atoms with Crippen molar-refractivity contribution in [3.8, 4) is 0 Å². The van der Waals surface area contributed by atoms with Gasteiger partial charge in [-0.1, -0.05) is 0 Å². The topological polar surface area (TPSA) is 87.7 Å². The number of thiophene rings is 1. The Balaban J connectivity index is 1.73. The predicted molar refractivity (Wildman–Crippen MR) is 125 cm³/mol. The van der Waals surface area contributed by atoms with Gasteiger partial charge in [-0.2, -0.15) is 0 Å². The van der Waals surface area contributed by atoms with Crippen LogP contribution in [0.4, 0.5) is 5.69 Å². The van der Waals surface area contributed by atoms with E-state index < -0.39 is 11.4 Å². The van der Waals surface area contributed by atoms with Gasteiger partial charge in [0.25, 0.3) is 17.7 Å². The number of hydrogen-bond acceptors (Lipinski definition) is 5. The summed E-state index contributed by atoms with van der Waals surface area (Å²) in [5, 5.41) is 5.62. The van der Waals surface area contributed by atoms with Crippen LogP contribution in [0.5, 0.6) is 0 Å². The number of carbonyl (C=O) groups excluding carboxylic acids is 3. The van der Waals surface area contributed by atoms with E-state index in [1.165, 1.54) is 18.4 Å². The number of halogens is 1. The van der Waals surface area contributed by atoms with Crippen molar-refractivity contribution in [2.45, 2.75) is 32.2 Å². The minimum Gasteiger partial charge on any atom is -0.382 e. The molecule has 1 aliphatic rings. The largest absolute Gasteiger partial charge is 0.382 e. The summed E-state index contributed by atoms with van der Waals surface area (Å²) in [6, 6.07) is 8.68. The number of aryl methyl sites for hydroxylation is 1. The quantitative estimate of drug-likeness (QED) is 0.595. The summed E-state index contributed by atoms with van der Waals surface area (Å²) in [6.45, 7) is 5.04. The fourth-order valence-corrected chi connectivity index (χ4v) is 4.82. The van der Waals surface area contributed by atoms with Crippen molar-refractivity contribution in [3.05, 3.63) is 50.1 Å². The lowest BCUT2D eigenvalue weighted by molar-refractivity contribution is -0.123. The molecule has 2 heterocycles. The van der Waals surface area contributed by atoms with Crippen LogP contribution in [-0.4, -0.2) is 55.0 Å². The molecule has 1 aromatic carbocycles. The molecule has 2 N–H and O–H groups in total. The third-order valence-electron chi connectivity index (χ3n) is 5.23. The number of nitrogens with one attached hydrogen (secondary N) is 2. The highest BCUT2D eigenvalue weighted by atomic mass is 79.9. The van der Waals surface area contributed by atoms with Crippen LogP contribution < -0.4 is 10.6 Å². The number of nitrogens with zero attached hydrogens (tertiary/aromatic N) is 1. The van der Waals surface area contributed by atoms with Crippen LogP contribution in [0.15, 0.2) is 34.1 Å². The van der Waals surface area contributed by atoms with Gasteiger partial charge in [-0.25, -0.2) is 0 Å². The summed E-state index contributed by atoms with van der Waals surface area (Å²) in [5.41, 5.74) is 0.697. The third kappa shape index (κ3) is 5.53. The van der Waals surface area contributed by atoms with Crippen LogP contribution in [0.25, 0.3) is 0 Å². The molecular formula is C22H26BrN3O4S. The van der Waals surface area contributed by atoms with Gasteiger partial charge in [0.05, 0.1) is 15.3 Å². The van der Waals surface area contributed by atoms with Crippen molar-refractivity contribution in [3.63, 3.8) is 0 Å². The molecule has 0 unspecified atom stereocenters. The van der Waals surface area contributed by atoms with Gasteiger partial charge < -0.3 is 20.3 Å². The van der Waals surface area contributed by atoms with Crippen molar-refractivity contribution >= 4 is 50.7 Å². The number of ether oxygens (including phenoxy) is 1. The Kier molecular flexibility index (Phi) is 7.51. The van der Waals surface area contributed by atoms with Crippen molar-refractivity contribution in [2.24, 2.45) is 0 Å². The van der Waals surface area contributed by atoms with E-state index >= 15 is 0 Å². The Morgan fingerprint density at radius 2 is 1.90 bits per heavy atom. The highest BCUT2D eigenvalue weighted by Crippen LogP contribution is 2.24. The van der Waals surface area contributed by atoms with Gasteiger partial charge in [0.2, 0.25) is 0 Å². The molecule has 2 aromatic rings. The highest BCUT2D eigenvalue weighted by Gasteiger charge is 2.36. The van der Waals surface area contributed by atoms with E-state index in [-0.39, 0.29) is 18.4 Å². The number of likely N-dealkylation sites (tertiary alicyclic amines) is 1. The standard InChI is InChI=1S/C22H26BrN3O4S/c1-14-12-15(6-7-16(14)20(28)26-10-4-5-11-26)24-21(29)22(2,13-30-3)25-19(27)17-8-9-18(23)31-17/h6-9,12H,4-5,10-11,13H2,1-3H3,(H,24,29)(H,25,27)/t22-/m0/s1. The zero-order valence-electron chi connectivity index (χ0n) is 17.8. The zero-order chi connectivity index (χ0) is 22.6. The predicted octanol–water partition coefficient (Wildman–Crippen LogP) is 3.83. The van der Waals surface area contributed by atoms with Crippen LogP contribution in [0.3, 0.4) is 0 Å². The first kappa shape index (κ1) is 23.4. The molecule has 31 heavy (non-hydrogen) atoms. The van der Waals surface area contributed by atoms with Gasteiger partial charge in [-0.3, -0.25) is 14.4 Å².